The minimum Gasteiger partial charge on any atom is -0.504 e. The highest BCUT2D eigenvalue weighted by Gasteiger charge is 2.38. The Morgan fingerprint density at radius 3 is 2.45 bits per heavy atom. The molecule has 0 radical (unpaired) electrons. The molecule has 1 aliphatic carbocycles. The summed E-state index contributed by atoms with van der Waals surface area (Å²) in [4.78, 5) is 0. The molecule has 2 rings (SSSR count). The van der Waals surface area contributed by atoms with Gasteiger partial charge in [0.05, 0.1) is 7.11 Å². The van der Waals surface area contributed by atoms with Crippen LogP contribution in [-0.4, -0.2) is 30.2 Å². The molecule has 0 aliphatic heterocycles. The van der Waals surface area contributed by atoms with Gasteiger partial charge in [-0.25, -0.2) is 0 Å². The standard InChI is InChI=1S/C16H18O4/c1-19-14-10-13(11-16(18,20-2)15(14)17)9-8-12-6-4-3-5-7-12/h3-10,17-18H,11H2,1-2H3/b9-8+. The first-order chi connectivity index (χ1) is 9.59. The van der Waals surface area contributed by atoms with Crippen LogP contribution in [-0.2, 0) is 9.47 Å². The fraction of sp³-hybridized carbons (Fsp3) is 0.250. The second kappa shape index (κ2) is 5.94. The Labute approximate surface area is 118 Å². The van der Waals surface area contributed by atoms with Crippen molar-refractivity contribution in [2.45, 2.75) is 12.2 Å². The number of rotatable bonds is 4. The number of hydrogen-bond acceptors (Lipinski definition) is 4. The van der Waals surface area contributed by atoms with Crippen molar-refractivity contribution in [3.8, 4) is 0 Å². The zero-order chi connectivity index (χ0) is 14.6. The van der Waals surface area contributed by atoms with E-state index in [-0.39, 0.29) is 17.9 Å². The Bertz CT molecular complexity index is 557. The third-order valence-electron chi connectivity index (χ3n) is 3.21. The Morgan fingerprint density at radius 2 is 1.85 bits per heavy atom. The van der Waals surface area contributed by atoms with Gasteiger partial charge < -0.3 is 19.7 Å². The van der Waals surface area contributed by atoms with Crippen LogP contribution in [0.1, 0.15) is 12.0 Å². The van der Waals surface area contributed by atoms with Crippen LogP contribution in [0.4, 0.5) is 0 Å². The molecule has 1 atom stereocenters. The third-order valence-corrected chi connectivity index (χ3v) is 3.21. The van der Waals surface area contributed by atoms with E-state index in [0.29, 0.717) is 0 Å². The minimum absolute atomic E-state index is 0.158. The lowest BCUT2D eigenvalue weighted by Crippen LogP contribution is -2.36. The SMILES string of the molecule is COC1=C(O)C(O)(OC)CC(/C=C/c2ccccc2)=C1. The van der Waals surface area contributed by atoms with E-state index in [2.05, 4.69) is 0 Å². The molecule has 1 aromatic carbocycles. The van der Waals surface area contributed by atoms with Crippen molar-refractivity contribution in [3.63, 3.8) is 0 Å². The molecule has 0 saturated carbocycles. The molecule has 106 valence electrons. The highest BCUT2D eigenvalue weighted by atomic mass is 16.6. The molecule has 1 aliphatic rings. The molecule has 4 nitrogen and oxygen atoms in total. The van der Waals surface area contributed by atoms with E-state index >= 15 is 0 Å². The molecule has 0 saturated heterocycles. The van der Waals surface area contributed by atoms with E-state index in [0.717, 1.165) is 11.1 Å². The maximum absolute atomic E-state index is 10.2. The smallest absolute Gasteiger partial charge is 0.232 e. The molecule has 0 fully saturated rings. The second-order valence-corrected chi connectivity index (χ2v) is 4.55. The summed E-state index contributed by atoms with van der Waals surface area (Å²) in [6.45, 7) is 0. The number of benzene rings is 1. The largest absolute Gasteiger partial charge is 0.504 e. The molecule has 20 heavy (non-hydrogen) atoms. The van der Waals surface area contributed by atoms with Crippen molar-refractivity contribution in [3.05, 3.63) is 65.1 Å². The summed E-state index contributed by atoms with van der Waals surface area (Å²) in [6.07, 6.45) is 5.64. The van der Waals surface area contributed by atoms with Crippen LogP contribution in [0.25, 0.3) is 6.08 Å². The van der Waals surface area contributed by atoms with Gasteiger partial charge in [-0.15, -0.1) is 0 Å². The predicted molar refractivity (Wildman–Crippen MR) is 76.8 cm³/mol. The number of allylic oxidation sites excluding steroid dienone is 2. The lowest BCUT2D eigenvalue weighted by molar-refractivity contribution is -0.178. The predicted octanol–water partition coefficient (Wildman–Crippen LogP) is 2.78. The Kier molecular flexibility index (Phi) is 4.27. The summed E-state index contributed by atoms with van der Waals surface area (Å²) in [7, 11) is 2.77. The van der Waals surface area contributed by atoms with Crippen molar-refractivity contribution >= 4 is 6.08 Å². The summed E-state index contributed by atoms with van der Waals surface area (Å²) in [5.74, 6) is -1.84. The van der Waals surface area contributed by atoms with E-state index in [1.807, 2.05) is 42.5 Å². The average molecular weight is 274 g/mol. The van der Waals surface area contributed by atoms with Crippen LogP contribution in [0, 0.1) is 0 Å². The van der Waals surface area contributed by atoms with E-state index in [4.69, 9.17) is 9.47 Å². The molecule has 0 bridgehead atoms. The fourth-order valence-corrected chi connectivity index (χ4v) is 2.04. The Morgan fingerprint density at radius 1 is 1.15 bits per heavy atom. The molecule has 4 heteroatoms. The average Bonchev–Trinajstić information content (AvgIpc) is 2.49. The lowest BCUT2D eigenvalue weighted by Gasteiger charge is -2.30. The van der Waals surface area contributed by atoms with Crippen LogP contribution in [0.3, 0.4) is 0 Å². The van der Waals surface area contributed by atoms with Crippen LogP contribution < -0.4 is 0 Å². The van der Waals surface area contributed by atoms with Crippen LogP contribution in [0.2, 0.25) is 0 Å². The zero-order valence-electron chi connectivity index (χ0n) is 11.5. The van der Waals surface area contributed by atoms with Gasteiger partial charge in [0.15, 0.2) is 11.5 Å². The molecule has 1 aromatic rings. The van der Waals surface area contributed by atoms with Crippen molar-refractivity contribution < 1.29 is 19.7 Å². The van der Waals surface area contributed by atoms with Crippen molar-refractivity contribution in [1.82, 2.24) is 0 Å². The van der Waals surface area contributed by atoms with E-state index in [1.165, 1.54) is 14.2 Å². The molecular weight excluding hydrogens is 256 g/mol. The molecule has 0 aromatic heterocycles. The molecule has 1 unspecified atom stereocenters. The number of ether oxygens (including phenoxy) is 2. The van der Waals surface area contributed by atoms with Gasteiger partial charge in [0, 0.05) is 13.5 Å². The maximum Gasteiger partial charge on any atom is 0.232 e. The van der Waals surface area contributed by atoms with E-state index in [1.54, 1.807) is 6.08 Å². The maximum atomic E-state index is 10.2. The zero-order valence-corrected chi connectivity index (χ0v) is 11.5. The normalized spacial score (nSPS) is 23.1. The summed E-state index contributed by atoms with van der Waals surface area (Å²) in [6, 6.07) is 9.81. The van der Waals surface area contributed by atoms with Gasteiger partial charge in [-0.1, -0.05) is 42.5 Å². The van der Waals surface area contributed by atoms with Gasteiger partial charge in [0.1, 0.15) is 0 Å². The number of aliphatic hydroxyl groups is 2. The van der Waals surface area contributed by atoms with Crippen LogP contribution in [0.5, 0.6) is 0 Å². The quantitative estimate of drug-likeness (QED) is 0.829. The number of hydrogen-bond donors (Lipinski definition) is 2. The Hall–Kier alpha value is -2.04. The van der Waals surface area contributed by atoms with Crippen molar-refractivity contribution in [2.75, 3.05) is 14.2 Å². The highest BCUT2D eigenvalue weighted by Crippen LogP contribution is 2.33. The second-order valence-electron chi connectivity index (χ2n) is 4.55. The van der Waals surface area contributed by atoms with Gasteiger partial charge in [0.2, 0.25) is 5.79 Å². The first kappa shape index (κ1) is 14.4. The minimum atomic E-state index is -1.74. The number of aliphatic hydroxyl groups excluding tert-OH is 1. The first-order valence-electron chi connectivity index (χ1n) is 6.28. The molecular formula is C16H18O4. The topological polar surface area (TPSA) is 58.9 Å². The van der Waals surface area contributed by atoms with E-state index < -0.39 is 5.79 Å². The van der Waals surface area contributed by atoms with Gasteiger partial charge >= 0.3 is 0 Å². The third kappa shape index (κ3) is 2.92. The fourth-order valence-electron chi connectivity index (χ4n) is 2.04. The molecule has 0 amide bonds. The summed E-state index contributed by atoms with van der Waals surface area (Å²) >= 11 is 0. The van der Waals surface area contributed by atoms with Crippen molar-refractivity contribution in [1.29, 1.82) is 0 Å². The van der Waals surface area contributed by atoms with Gasteiger partial charge in [-0.3, -0.25) is 0 Å². The van der Waals surface area contributed by atoms with Crippen LogP contribution in [0.15, 0.2) is 59.6 Å². The number of methoxy groups -OCH3 is 2. The van der Waals surface area contributed by atoms with Gasteiger partial charge in [-0.05, 0) is 17.2 Å². The van der Waals surface area contributed by atoms with E-state index in [9.17, 15) is 10.2 Å². The molecule has 2 N–H and O–H groups in total. The monoisotopic (exact) mass is 274 g/mol. The van der Waals surface area contributed by atoms with Crippen molar-refractivity contribution in [2.24, 2.45) is 0 Å². The summed E-state index contributed by atoms with van der Waals surface area (Å²) in [5, 5.41) is 20.1. The Balaban J connectivity index is 2.27. The van der Waals surface area contributed by atoms with Gasteiger partial charge in [-0.2, -0.15) is 0 Å². The summed E-state index contributed by atoms with van der Waals surface area (Å²) in [5.41, 5.74) is 1.85. The van der Waals surface area contributed by atoms with Crippen LogP contribution >= 0.6 is 0 Å². The molecule has 0 heterocycles. The van der Waals surface area contributed by atoms with Gasteiger partial charge in [0.25, 0.3) is 0 Å². The summed E-state index contributed by atoms with van der Waals surface area (Å²) < 4.78 is 10.1. The first-order valence-corrected chi connectivity index (χ1v) is 6.28. The highest BCUT2D eigenvalue weighted by molar-refractivity contribution is 5.54. The molecule has 0 spiro atoms. The lowest BCUT2D eigenvalue weighted by atomic mass is 9.95.